The average Bonchev–Trinajstić information content (AvgIpc) is 2.37. The van der Waals surface area contributed by atoms with Gasteiger partial charge in [-0.15, -0.1) is 0 Å². The van der Waals surface area contributed by atoms with E-state index >= 15 is 0 Å². The third-order valence-corrected chi connectivity index (χ3v) is 2.57. The van der Waals surface area contributed by atoms with E-state index in [1.807, 2.05) is 13.8 Å². The summed E-state index contributed by atoms with van der Waals surface area (Å²) < 4.78 is 32.3. The van der Waals surface area contributed by atoms with Crippen LogP contribution in [0.4, 0.5) is 8.78 Å². The van der Waals surface area contributed by atoms with E-state index < -0.39 is 29.9 Å². The van der Waals surface area contributed by atoms with E-state index in [4.69, 9.17) is 4.74 Å². The number of nitrogens with one attached hydrogen (secondary N) is 2. The number of rotatable bonds is 7. The molecule has 1 amide bonds. The number of hydrogen-bond acceptors (Lipinski definition) is 3. The topological polar surface area (TPSA) is 50.4 Å². The summed E-state index contributed by atoms with van der Waals surface area (Å²) in [7, 11) is 1.42. The van der Waals surface area contributed by atoms with E-state index in [1.54, 1.807) is 0 Å². The first-order chi connectivity index (χ1) is 9.43. The van der Waals surface area contributed by atoms with Crippen molar-refractivity contribution in [3.63, 3.8) is 0 Å². The molecule has 0 aliphatic rings. The van der Waals surface area contributed by atoms with Crippen molar-refractivity contribution in [2.75, 3.05) is 20.2 Å². The predicted molar refractivity (Wildman–Crippen MR) is 72.5 cm³/mol. The fourth-order valence-corrected chi connectivity index (χ4v) is 1.57. The molecule has 0 heterocycles. The van der Waals surface area contributed by atoms with Gasteiger partial charge >= 0.3 is 0 Å². The molecule has 112 valence electrons. The molecule has 1 rings (SSSR count). The molecule has 4 nitrogen and oxygen atoms in total. The number of benzene rings is 1. The lowest BCUT2D eigenvalue weighted by Gasteiger charge is -2.11. The van der Waals surface area contributed by atoms with Gasteiger partial charge in [-0.05, 0) is 30.2 Å². The van der Waals surface area contributed by atoms with Crippen LogP contribution in [0.15, 0.2) is 12.1 Å². The largest absolute Gasteiger partial charge is 0.478 e. The number of ether oxygens (including phenoxy) is 1. The summed E-state index contributed by atoms with van der Waals surface area (Å²) in [5, 5.41) is 5.40. The van der Waals surface area contributed by atoms with E-state index in [0.717, 1.165) is 6.54 Å². The maximum Gasteiger partial charge on any atom is 0.257 e. The van der Waals surface area contributed by atoms with Gasteiger partial charge in [0.15, 0.2) is 24.0 Å². The molecule has 0 atom stereocenters. The van der Waals surface area contributed by atoms with E-state index in [9.17, 15) is 13.6 Å². The van der Waals surface area contributed by atoms with Gasteiger partial charge in [0.25, 0.3) is 5.91 Å². The Morgan fingerprint density at radius 1 is 1.30 bits per heavy atom. The SMILES string of the molecule is CNC(=O)COc1c(F)cc(CNCC(C)C)cc1F. The first-order valence-electron chi connectivity index (χ1n) is 6.46. The molecular formula is C14H20F2N2O2. The molecule has 0 saturated heterocycles. The first kappa shape index (κ1) is 16.4. The molecular weight excluding hydrogens is 266 g/mol. The van der Waals surface area contributed by atoms with Gasteiger partial charge in [0, 0.05) is 13.6 Å². The maximum atomic E-state index is 13.7. The summed E-state index contributed by atoms with van der Waals surface area (Å²) in [5.74, 6) is -2.14. The van der Waals surface area contributed by atoms with Crippen LogP contribution in [-0.2, 0) is 11.3 Å². The second-order valence-electron chi connectivity index (χ2n) is 4.88. The van der Waals surface area contributed by atoms with Crippen molar-refractivity contribution in [2.24, 2.45) is 5.92 Å². The number of hydrogen-bond donors (Lipinski definition) is 2. The molecule has 0 unspecified atom stereocenters. The van der Waals surface area contributed by atoms with Crippen LogP contribution in [0.3, 0.4) is 0 Å². The summed E-state index contributed by atoms with van der Waals surface area (Å²) >= 11 is 0. The fraction of sp³-hybridized carbons (Fsp3) is 0.500. The number of carbonyl (C=O) groups is 1. The standard InChI is InChI=1S/C14H20F2N2O2/c1-9(2)6-18-7-10-4-11(15)14(12(16)5-10)20-8-13(19)17-3/h4-5,9,18H,6-8H2,1-3H3,(H,17,19). The summed E-state index contributed by atoms with van der Waals surface area (Å²) in [4.78, 5) is 11.0. The van der Waals surface area contributed by atoms with Crippen molar-refractivity contribution >= 4 is 5.91 Å². The lowest BCUT2D eigenvalue weighted by atomic mass is 10.1. The Morgan fingerprint density at radius 2 is 1.90 bits per heavy atom. The van der Waals surface area contributed by atoms with Crippen LogP contribution in [0, 0.1) is 17.6 Å². The van der Waals surface area contributed by atoms with Gasteiger partial charge < -0.3 is 15.4 Å². The zero-order valence-electron chi connectivity index (χ0n) is 11.9. The lowest BCUT2D eigenvalue weighted by Crippen LogP contribution is -2.25. The number of carbonyl (C=O) groups excluding carboxylic acids is 1. The minimum atomic E-state index is -0.810. The van der Waals surface area contributed by atoms with Crippen LogP contribution < -0.4 is 15.4 Å². The second kappa shape index (κ2) is 7.79. The summed E-state index contributed by atoms with van der Waals surface area (Å²) in [6, 6.07) is 2.41. The average molecular weight is 286 g/mol. The summed E-state index contributed by atoms with van der Waals surface area (Å²) in [6.45, 7) is 4.81. The van der Waals surface area contributed by atoms with Crippen LogP contribution in [0.1, 0.15) is 19.4 Å². The first-order valence-corrected chi connectivity index (χ1v) is 6.46. The second-order valence-corrected chi connectivity index (χ2v) is 4.88. The highest BCUT2D eigenvalue weighted by Crippen LogP contribution is 2.23. The molecule has 0 aliphatic carbocycles. The van der Waals surface area contributed by atoms with Gasteiger partial charge in [-0.1, -0.05) is 13.8 Å². The van der Waals surface area contributed by atoms with Crippen molar-refractivity contribution in [1.29, 1.82) is 0 Å². The molecule has 0 fully saturated rings. The molecule has 1 aromatic carbocycles. The van der Waals surface area contributed by atoms with Crippen molar-refractivity contribution in [3.8, 4) is 5.75 Å². The predicted octanol–water partition coefficient (Wildman–Crippen LogP) is 1.84. The molecule has 2 N–H and O–H groups in total. The zero-order valence-corrected chi connectivity index (χ0v) is 11.9. The van der Waals surface area contributed by atoms with E-state index in [-0.39, 0.29) is 0 Å². The van der Waals surface area contributed by atoms with Crippen molar-refractivity contribution in [3.05, 3.63) is 29.3 Å². The molecule has 0 aromatic heterocycles. The van der Waals surface area contributed by atoms with Crippen LogP contribution >= 0.6 is 0 Å². The Bertz CT molecular complexity index is 441. The molecule has 0 radical (unpaired) electrons. The smallest absolute Gasteiger partial charge is 0.257 e. The molecule has 6 heteroatoms. The molecule has 1 aromatic rings. The minimum Gasteiger partial charge on any atom is -0.478 e. The molecule has 20 heavy (non-hydrogen) atoms. The van der Waals surface area contributed by atoms with Crippen LogP contribution in [-0.4, -0.2) is 26.1 Å². The van der Waals surface area contributed by atoms with Gasteiger partial charge in [-0.3, -0.25) is 4.79 Å². The zero-order chi connectivity index (χ0) is 15.1. The van der Waals surface area contributed by atoms with Gasteiger partial charge in [0.05, 0.1) is 0 Å². The van der Waals surface area contributed by atoms with Gasteiger partial charge in [0.2, 0.25) is 0 Å². The molecule has 0 saturated carbocycles. The Balaban J connectivity index is 2.68. The number of halogens is 2. The van der Waals surface area contributed by atoms with Crippen LogP contribution in [0.25, 0.3) is 0 Å². The third-order valence-electron chi connectivity index (χ3n) is 2.57. The molecule has 0 spiro atoms. The van der Waals surface area contributed by atoms with Gasteiger partial charge in [-0.2, -0.15) is 0 Å². The van der Waals surface area contributed by atoms with E-state index in [1.165, 1.54) is 19.2 Å². The Labute approximate surface area is 117 Å². The monoisotopic (exact) mass is 286 g/mol. The van der Waals surface area contributed by atoms with E-state index in [2.05, 4.69) is 10.6 Å². The third kappa shape index (κ3) is 5.13. The normalized spacial score (nSPS) is 10.7. The van der Waals surface area contributed by atoms with Crippen molar-refractivity contribution in [1.82, 2.24) is 10.6 Å². The number of amides is 1. The minimum absolute atomic E-state index is 0.377. The highest BCUT2D eigenvalue weighted by atomic mass is 19.1. The van der Waals surface area contributed by atoms with E-state index in [0.29, 0.717) is 18.0 Å². The quantitative estimate of drug-likeness (QED) is 0.804. The molecule has 0 bridgehead atoms. The van der Waals surface area contributed by atoms with Crippen LogP contribution in [0.2, 0.25) is 0 Å². The van der Waals surface area contributed by atoms with Crippen LogP contribution in [0.5, 0.6) is 5.75 Å². The highest BCUT2D eigenvalue weighted by Gasteiger charge is 2.14. The van der Waals surface area contributed by atoms with Crippen molar-refractivity contribution in [2.45, 2.75) is 20.4 Å². The maximum absolute atomic E-state index is 13.7. The highest BCUT2D eigenvalue weighted by molar-refractivity contribution is 5.77. The number of likely N-dealkylation sites (N-methyl/N-ethyl adjacent to an activating group) is 1. The lowest BCUT2D eigenvalue weighted by molar-refractivity contribution is -0.122. The van der Waals surface area contributed by atoms with Gasteiger partial charge in [-0.25, -0.2) is 8.78 Å². The fourth-order valence-electron chi connectivity index (χ4n) is 1.57. The van der Waals surface area contributed by atoms with Crippen molar-refractivity contribution < 1.29 is 18.3 Å². The van der Waals surface area contributed by atoms with Gasteiger partial charge in [0.1, 0.15) is 0 Å². The summed E-state index contributed by atoms with van der Waals surface area (Å²) in [5.41, 5.74) is 0.493. The Hall–Kier alpha value is -1.69. The Morgan fingerprint density at radius 3 is 2.40 bits per heavy atom. The Kier molecular flexibility index (Phi) is 6.38. The molecule has 0 aliphatic heterocycles. The summed E-state index contributed by atoms with van der Waals surface area (Å²) in [6.07, 6.45) is 0.